The van der Waals surface area contributed by atoms with Crippen molar-refractivity contribution >= 4 is 5.82 Å². The summed E-state index contributed by atoms with van der Waals surface area (Å²) in [6, 6.07) is 16.5. The number of benzene rings is 1. The van der Waals surface area contributed by atoms with Crippen LogP contribution in [0.2, 0.25) is 0 Å². The Kier molecular flexibility index (Phi) is 4.13. The van der Waals surface area contributed by atoms with Gasteiger partial charge in [-0.15, -0.1) is 0 Å². The molecule has 1 aliphatic heterocycles. The molecule has 0 saturated carbocycles. The second-order valence-corrected chi connectivity index (χ2v) is 5.27. The number of pyridine rings is 1. The number of piperazine rings is 1. The van der Waals surface area contributed by atoms with Crippen molar-refractivity contribution in [2.24, 2.45) is 0 Å². The van der Waals surface area contributed by atoms with E-state index in [1.165, 1.54) is 5.56 Å². The highest BCUT2D eigenvalue weighted by atomic mass is 15.3. The molecule has 2 aromatic rings. The van der Waals surface area contributed by atoms with Crippen LogP contribution in [0, 0.1) is 11.3 Å². The quantitative estimate of drug-likeness (QED) is 0.864. The fraction of sp³-hybridized carbons (Fsp3) is 0.294. The first-order valence-corrected chi connectivity index (χ1v) is 7.22. The average Bonchev–Trinajstić information content (AvgIpc) is 2.57. The van der Waals surface area contributed by atoms with Crippen molar-refractivity contribution in [1.29, 1.82) is 5.26 Å². The van der Waals surface area contributed by atoms with Gasteiger partial charge in [0, 0.05) is 38.9 Å². The molecule has 0 atom stereocenters. The lowest BCUT2D eigenvalue weighted by atomic mass is 10.2. The number of anilines is 1. The van der Waals surface area contributed by atoms with Crippen molar-refractivity contribution in [2.45, 2.75) is 6.54 Å². The zero-order valence-corrected chi connectivity index (χ0v) is 11.9. The normalized spacial score (nSPS) is 15.7. The number of nitriles is 1. The Labute approximate surface area is 125 Å². The lowest BCUT2D eigenvalue weighted by molar-refractivity contribution is 0.249. The molecule has 21 heavy (non-hydrogen) atoms. The van der Waals surface area contributed by atoms with Crippen LogP contribution in [0.3, 0.4) is 0 Å². The Bertz CT molecular complexity index is 607. The van der Waals surface area contributed by atoms with Crippen LogP contribution in [0.4, 0.5) is 5.82 Å². The van der Waals surface area contributed by atoms with Crippen LogP contribution >= 0.6 is 0 Å². The van der Waals surface area contributed by atoms with Gasteiger partial charge in [-0.25, -0.2) is 4.98 Å². The predicted octanol–water partition coefficient (Wildman–Crippen LogP) is 2.28. The molecule has 4 nitrogen and oxygen atoms in total. The van der Waals surface area contributed by atoms with E-state index in [0.717, 1.165) is 38.5 Å². The number of hydrogen-bond donors (Lipinski definition) is 0. The molecule has 0 N–H and O–H groups in total. The van der Waals surface area contributed by atoms with Gasteiger partial charge in [0.15, 0.2) is 0 Å². The molecule has 106 valence electrons. The molecule has 0 bridgehead atoms. The van der Waals surface area contributed by atoms with Gasteiger partial charge in [-0.05, 0) is 17.7 Å². The van der Waals surface area contributed by atoms with Crippen LogP contribution < -0.4 is 4.90 Å². The van der Waals surface area contributed by atoms with Gasteiger partial charge < -0.3 is 4.90 Å². The van der Waals surface area contributed by atoms with Crippen molar-refractivity contribution in [1.82, 2.24) is 9.88 Å². The van der Waals surface area contributed by atoms with Crippen molar-refractivity contribution < 1.29 is 0 Å². The molecule has 1 aliphatic rings. The van der Waals surface area contributed by atoms with Crippen LogP contribution in [0.15, 0.2) is 48.7 Å². The van der Waals surface area contributed by atoms with Gasteiger partial charge in [-0.3, -0.25) is 4.90 Å². The predicted molar refractivity (Wildman–Crippen MR) is 82.9 cm³/mol. The van der Waals surface area contributed by atoms with Gasteiger partial charge >= 0.3 is 0 Å². The lowest BCUT2D eigenvalue weighted by Crippen LogP contribution is -2.46. The first-order valence-electron chi connectivity index (χ1n) is 7.22. The Morgan fingerprint density at radius 1 is 1.00 bits per heavy atom. The molecule has 0 radical (unpaired) electrons. The van der Waals surface area contributed by atoms with Crippen LogP contribution in [0.25, 0.3) is 0 Å². The summed E-state index contributed by atoms with van der Waals surface area (Å²) in [4.78, 5) is 9.12. The van der Waals surface area contributed by atoms with Gasteiger partial charge in [0.05, 0.1) is 5.56 Å². The molecule has 1 aromatic heterocycles. The van der Waals surface area contributed by atoms with E-state index in [1.54, 1.807) is 6.20 Å². The zero-order chi connectivity index (χ0) is 14.5. The van der Waals surface area contributed by atoms with Gasteiger partial charge in [0.2, 0.25) is 0 Å². The maximum Gasteiger partial charge on any atom is 0.128 e. The summed E-state index contributed by atoms with van der Waals surface area (Å²) in [6.45, 7) is 5.04. The Morgan fingerprint density at radius 3 is 2.38 bits per heavy atom. The molecule has 2 heterocycles. The maximum absolute atomic E-state index is 8.80. The van der Waals surface area contributed by atoms with Crippen molar-refractivity contribution in [3.05, 3.63) is 59.8 Å². The highest BCUT2D eigenvalue weighted by Crippen LogP contribution is 2.15. The molecule has 0 amide bonds. The van der Waals surface area contributed by atoms with Crippen molar-refractivity contribution in [3.63, 3.8) is 0 Å². The molecule has 0 unspecified atom stereocenters. The minimum atomic E-state index is 0.612. The molecule has 0 aliphatic carbocycles. The van der Waals surface area contributed by atoms with Crippen molar-refractivity contribution in [2.75, 3.05) is 31.1 Å². The standard InChI is InChI=1S/C17H18N4/c18-12-16-6-7-17(19-13-16)21-10-8-20(9-11-21)14-15-4-2-1-3-5-15/h1-7,13H,8-11,14H2. The highest BCUT2D eigenvalue weighted by Gasteiger charge is 2.17. The smallest absolute Gasteiger partial charge is 0.128 e. The molecule has 1 aromatic carbocycles. The summed E-state index contributed by atoms with van der Waals surface area (Å²) in [6.07, 6.45) is 1.64. The summed E-state index contributed by atoms with van der Waals surface area (Å²) in [7, 11) is 0. The number of hydrogen-bond acceptors (Lipinski definition) is 4. The minimum Gasteiger partial charge on any atom is -0.354 e. The second-order valence-electron chi connectivity index (χ2n) is 5.27. The van der Waals surface area contributed by atoms with E-state index in [2.05, 4.69) is 51.2 Å². The van der Waals surface area contributed by atoms with E-state index in [-0.39, 0.29) is 0 Å². The number of rotatable bonds is 3. The van der Waals surface area contributed by atoms with E-state index in [0.29, 0.717) is 5.56 Å². The monoisotopic (exact) mass is 278 g/mol. The second kappa shape index (κ2) is 6.38. The van der Waals surface area contributed by atoms with Crippen LogP contribution in [0.1, 0.15) is 11.1 Å². The first-order chi connectivity index (χ1) is 10.3. The Morgan fingerprint density at radius 2 is 1.76 bits per heavy atom. The summed E-state index contributed by atoms with van der Waals surface area (Å²) in [5.41, 5.74) is 1.98. The molecule has 0 spiro atoms. The van der Waals surface area contributed by atoms with E-state index in [9.17, 15) is 0 Å². The largest absolute Gasteiger partial charge is 0.354 e. The molecule has 1 fully saturated rings. The SMILES string of the molecule is N#Cc1ccc(N2CCN(Cc3ccccc3)CC2)nc1. The lowest BCUT2D eigenvalue weighted by Gasteiger charge is -2.35. The minimum absolute atomic E-state index is 0.612. The average molecular weight is 278 g/mol. The van der Waals surface area contributed by atoms with Crippen LogP contribution in [-0.2, 0) is 6.54 Å². The Hall–Kier alpha value is -2.38. The first kappa shape index (κ1) is 13.6. The molecular formula is C17H18N4. The van der Waals surface area contributed by atoms with Gasteiger partial charge in [-0.2, -0.15) is 5.26 Å². The Balaban J connectivity index is 1.56. The summed E-state index contributed by atoms with van der Waals surface area (Å²) >= 11 is 0. The number of aromatic nitrogens is 1. The van der Waals surface area contributed by atoms with E-state index >= 15 is 0 Å². The summed E-state index contributed by atoms with van der Waals surface area (Å²) < 4.78 is 0. The summed E-state index contributed by atoms with van der Waals surface area (Å²) in [5, 5.41) is 8.80. The molecule has 3 rings (SSSR count). The number of nitrogens with zero attached hydrogens (tertiary/aromatic N) is 4. The van der Waals surface area contributed by atoms with Gasteiger partial charge in [0.1, 0.15) is 11.9 Å². The van der Waals surface area contributed by atoms with E-state index in [4.69, 9.17) is 5.26 Å². The third kappa shape index (κ3) is 3.39. The topological polar surface area (TPSA) is 43.2 Å². The highest BCUT2D eigenvalue weighted by molar-refractivity contribution is 5.42. The molecular weight excluding hydrogens is 260 g/mol. The zero-order valence-electron chi connectivity index (χ0n) is 11.9. The van der Waals surface area contributed by atoms with E-state index in [1.807, 2.05) is 12.1 Å². The van der Waals surface area contributed by atoms with Gasteiger partial charge in [0.25, 0.3) is 0 Å². The maximum atomic E-state index is 8.80. The summed E-state index contributed by atoms with van der Waals surface area (Å²) in [5.74, 6) is 0.966. The van der Waals surface area contributed by atoms with Gasteiger partial charge in [-0.1, -0.05) is 30.3 Å². The molecule has 4 heteroatoms. The fourth-order valence-electron chi connectivity index (χ4n) is 2.62. The van der Waals surface area contributed by atoms with Crippen LogP contribution in [0.5, 0.6) is 0 Å². The third-order valence-electron chi connectivity index (χ3n) is 3.82. The fourth-order valence-corrected chi connectivity index (χ4v) is 2.62. The van der Waals surface area contributed by atoms with Crippen molar-refractivity contribution in [3.8, 4) is 6.07 Å². The molecule has 1 saturated heterocycles. The van der Waals surface area contributed by atoms with Crippen LogP contribution in [-0.4, -0.2) is 36.1 Å². The van der Waals surface area contributed by atoms with E-state index < -0.39 is 0 Å². The third-order valence-corrected chi connectivity index (χ3v) is 3.82.